The molecule has 0 bridgehead atoms. The van der Waals surface area contributed by atoms with Crippen molar-refractivity contribution < 1.29 is 15.0 Å². The van der Waals surface area contributed by atoms with Gasteiger partial charge in [-0.3, -0.25) is 4.79 Å². The highest BCUT2D eigenvalue weighted by Gasteiger charge is 2.16. The van der Waals surface area contributed by atoms with E-state index in [2.05, 4.69) is 42.4 Å². The number of phenolic OH excluding ortho intramolecular Hbond substituents is 1. The molecule has 0 saturated carbocycles. The molecule has 114 valence electrons. The Hall–Kier alpha value is -1.70. The van der Waals surface area contributed by atoms with Crippen LogP contribution in [0.5, 0.6) is 5.75 Å². The molecule has 7 heteroatoms. The standard InChI is InChI=1S/C15H12Br2N2O3/c16-11-7-12(17)13(20)6-10(11)8-18-19-15(22)14(21)9-4-2-1-3-5-9/h1-8,14,20-21H,(H,19,22)/b18-8-/t14-/m0/s1. The number of rotatable bonds is 4. The molecule has 5 nitrogen and oxygen atoms in total. The van der Waals surface area contributed by atoms with Gasteiger partial charge >= 0.3 is 0 Å². The molecule has 3 N–H and O–H groups in total. The van der Waals surface area contributed by atoms with Crippen molar-refractivity contribution in [2.24, 2.45) is 5.10 Å². The molecule has 0 aliphatic heterocycles. The number of nitrogens with one attached hydrogen (secondary N) is 1. The SMILES string of the molecule is O=C(N/N=C\c1cc(O)c(Br)cc1Br)[C@@H](O)c1ccccc1. The van der Waals surface area contributed by atoms with Gasteiger partial charge < -0.3 is 10.2 Å². The van der Waals surface area contributed by atoms with Gasteiger partial charge in [-0.15, -0.1) is 0 Å². The maximum Gasteiger partial charge on any atom is 0.273 e. The van der Waals surface area contributed by atoms with Gasteiger partial charge in [-0.1, -0.05) is 46.3 Å². The second-order valence-corrected chi connectivity index (χ2v) is 6.08. The molecule has 1 atom stereocenters. The smallest absolute Gasteiger partial charge is 0.273 e. The lowest BCUT2D eigenvalue weighted by atomic mass is 10.1. The number of phenols is 1. The number of carbonyl (C=O) groups excluding carboxylic acids is 1. The molecular formula is C15H12Br2N2O3. The summed E-state index contributed by atoms with van der Waals surface area (Å²) in [6, 6.07) is 11.7. The number of benzene rings is 2. The quantitative estimate of drug-likeness (QED) is 0.518. The summed E-state index contributed by atoms with van der Waals surface area (Å²) in [5, 5.41) is 23.3. The molecule has 2 aromatic carbocycles. The van der Waals surface area contributed by atoms with E-state index in [9.17, 15) is 15.0 Å². The average Bonchev–Trinajstić information content (AvgIpc) is 2.52. The molecule has 0 aromatic heterocycles. The summed E-state index contributed by atoms with van der Waals surface area (Å²) in [4.78, 5) is 11.8. The summed E-state index contributed by atoms with van der Waals surface area (Å²) in [5.41, 5.74) is 3.32. The van der Waals surface area contributed by atoms with E-state index in [4.69, 9.17) is 0 Å². The van der Waals surface area contributed by atoms with Gasteiger partial charge in [0.15, 0.2) is 6.10 Å². The number of halogens is 2. The van der Waals surface area contributed by atoms with Crippen molar-refractivity contribution in [3.63, 3.8) is 0 Å². The summed E-state index contributed by atoms with van der Waals surface area (Å²) in [7, 11) is 0. The topological polar surface area (TPSA) is 81.9 Å². The predicted molar refractivity (Wildman–Crippen MR) is 90.6 cm³/mol. The molecule has 0 fully saturated rings. The van der Waals surface area contributed by atoms with E-state index in [0.29, 0.717) is 20.1 Å². The van der Waals surface area contributed by atoms with Crippen LogP contribution in [0.15, 0.2) is 56.5 Å². The number of amides is 1. The zero-order chi connectivity index (χ0) is 16.1. The number of aliphatic hydroxyl groups is 1. The largest absolute Gasteiger partial charge is 0.507 e. The van der Waals surface area contributed by atoms with E-state index in [-0.39, 0.29) is 5.75 Å². The van der Waals surface area contributed by atoms with Crippen molar-refractivity contribution in [2.45, 2.75) is 6.10 Å². The second kappa shape index (κ2) is 7.53. The van der Waals surface area contributed by atoms with E-state index >= 15 is 0 Å². The molecule has 22 heavy (non-hydrogen) atoms. The molecule has 0 radical (unpaired) electrons. The Labute approximate surface area is 143 Å². The van der Waals surface area contributed by atoms with Crippen molar-refractivity contribution >= 4 is 44.0 Å². The Morgan fingerprint density at radius 1 is 1.18 bits per heavy atom. The van der Waals surface area contributed by atoms with Crippen molar-refractivity contribution in [3.8, 4) is 5.75 Å². The van der Waals surface area contributed by atoms with E-state index in [1.165, 1.54) is 12.3 Å². The molecule has 2 rings (SSSR count). The maximum absolute atomic E-state index is 11.8. The molecule has 0 aliphatic rings. The third-order valence-electron chi connectivity index (χ3n) is 2.81. The summed E-state index contributed by atoms with van der Waals surface area (Å²) in [5.74, 6) is -0.583. The van der Waals surface area contributed by atoms with E-state index in [0.717, 1.165) is 0 Å². The lowest BCUT2D eigenvalue weighted by Gasteiger charge is -2.08. The molecule has 0 unspecified atom stereocenters. The van der Waals surface area contributed by atoms with E-state index in [1.54, 1.807) is 36.4 Å². The highest BCUT2D eigenvalue weighted by molar-refractivity contribution is 9.11. The number of hydrogen-bond acceptors (Lipinski definition) is 4. The van der Waals surface area contributed by atoms with Crippen LogP contribution in [0.4, 0.5) is 0 Å². The third kappa shape index (κ3) is 4.16. The minimum Gasteiger partial charge on any atom is -0.507 e. The van der Waals surface area contributed by atoms with Crippen molar-refractivity contribution in [3.05, 3.63) is 62.5 Å². The Balaban J connectivity index is 2.03. The molecule has 0 aliphatic carbocycles. The number of carbonyl (C=O) groups is 1. The van der Waals surface area contributed by atoms with Crippen molar-refractivity contribution in [2.75, 3.05) is 0 Å². The molecular weight excluding hydrogens is 416 g/mol. The van der Waals surface area contributed by atoms with Crippen LogP contribution < -0.4 is 5.43 Å². The van der Waals surface area contributed by atoms with E-state index < -0.39 is 12.0 Å². The van der Waals surface area contributed by atoms with Crippen LogP contribution in [0.25, 0.3) is 0 Å². The first-order valence-electron chi connectivity index (χ1n) is 6.23. The number of hydrazone groups is 1. The lowest BCUT2D eigenvalue weighted by molar-refractivity contribution is -0.129. The van der Waals surface area contributed by atoms with Gasteiger partial charge in [-0.05, 0) is 33.6 Å². The molecule has 1 amide bonds. The fourth-order valence-corrected chi connectivity index (χ4v) is 2.76. The second-order valence-electron chi connectivity index (χ2n) is 4.37. The minimum atomic E-state index is -1.29. The highest BCUT2D eigenvalue weighted by Crippen LogP contribution is 2.29. The number of aliphatic hydroxyl groups excluding tert-OH is 1. The molecule has 0 heterocycles. The van der Waals surface area contributed by atoms with Crippen LogP contribution in [-0.4, -0.2) is 22.3 Å². The van der Waals surface area contributed by atoms with Crippen LogP contribution in [0, 0.1) is 0 Å². The first-order chi connectivity index (χ1) is 10.5. The number of nitrogens with zero attached hydrogens (tertiary/aromatic N) is 1. The highest BCUT2D eigenvalue weighted by atomic mass is 79.9. The summed E-state index contributed by atoms with van der Waals surface area (Å²) in [6.07, 6.45) is 0.0754. The maximum atomic E-state index is 11.8. The Morgan fingerprint density at radius 3 is 2.55 bits per heavy atom. The normalized spacial score (nSPS) is 12.3. The predicted octanol–water partition coefficient (Wildman–Crippen LogP) is 3.10. The Kier molecular flexibility index (Phi) is 5.70. The summed E-state index contributed by atoms with van der Waals surface area (Å²) in [6.45, 7) is 0. The Morgan fingerprint density at radius 2 is 1.86 bits per heavy atom. The van der Waals surface area contributed by atoms with Crippen LogP contribution in [0.1, 0.15) is 17.2 Å². The van der Waals surface area contributed by atoms with Crippen LogP contribution >= 0.6 is 31.9 Å². The van der Waals surface area contributed by atoms with Crippen molar-refractivity contribution in [1.29, 1.82) is 0 Å². The van der Waals surface area contributed by atoms with Gasteiger partial charge in [0, 0.05) is 10.0 Å². The first kappa shape index (κ1) is 16.7. The summed E-state index contributed by atoms with van der Waals surface area (Å²) < 4.78 is 1.24. The lowest BCUT2D eigenvalue weighted by Crippen LogP contribution is -2.25. The van der Waals surface area contributed by atoms with Gasteiger partial charge in [0.05, 0.1) is 10.7 Å². The van der Waals surface area contributed by atoms with Gasteiger partial charge in [0.2, 0.25) is 0 Å². The third-order valence-corrected chi connectivity index (χ3v) is 4.13. The van der Waals surface area contributed by atoms with Crippen LogP contribution in [-0.2, 0) is 4.79 Å². The molecule has 0 spiro atoms. The molecule has 2 aromatic rings. The fourth-order valence-electron chi connectivity index (χ4n) is 1.67. The van der Waals surface area contributed by atoms with E-state index in [1.807, 2.05) is 0 Å². The summed E-state index contributed by atoms with van der Waals surface area (Å²) >= 11 is 6.51. The van der Waals surface area contributed by atoms with Gasteiger partial charge in [-0.25, -0.2) is 5.43 Å². The Bertz CT molecular complexity index is 705. The zero-order valence-electron chi connectivity index (χ0n) is 11.2. The molecule has 0 saturated heterocycles. The van der Waals surface area contributed by atoms with Crippen LogP contribution in [0.2, 0.25) is 0 Å². The monoisotopic (exact) mass is 426 g/mol. The number of aromatic hydroxyl groups is 1. The minimum absolute atomic E-state index is 0.0558. The average molecular weight is 428 g/mol. The van der Waals surface area contributed by atoms with Crippen molar-refractivity contribution in [1.82, 2.24) is 5.43 Å². The van der Waals surface area contributed by atoms with Gasteiger partial charge in [0.25, 0.3) is 5.91 Å². The fraction of sp³-hybridized carbons (Fsp3) is 0.0667. The van der Waals surface area contributed by atoms with Gasteiger partial charge in [0.1, 0.15) is 5.75 Å². The van der Waals surface area contributed by atoms with Gasteiger partial charge in [-0.2, -0.15) is 5.10 Å². The number of hydrogen-bond donors (Lipinski definition) is 3. The van der Waals surface area contributed by atoms with Crippen LogP contribution in [0.3, 0.4) is 0 Å². The first-order valence-corrected chi connectivity index (χ1v) is 7.81. The zero-order valence-corrected chi connectivity index (χ0v) is 14.4.